The second kappa shape index (κ2) is 7.64. The summed E-state index contributed by atoms with van der Waals surface area (Å²) in [7, 11) is 0. The summed E-state index contributed by atoms with van der Waals surface area (Å²) in [6.07, 6.45) is 2.02. The highest BCUT2D eigenvalue weighted by Crippen LogP contribution is 2.17. The zero-order chi connectivity index (χ0) is 9.33. The Morgan fingerprint density at radius 2 is 2.18 bits per heavy atom. The Labute approximate surface area is 75.5 Å². The third-order valence-corrected chi connectivity index (χ3v) is 2.12. The summed E-state index contributed by atoms with van der Waals surface area (Å²) >= 11 is 10.9. The zero-order valence-corrected chi connectivity index (χ0v) is 7.56. The van der Waals surface area contributed by atoms with E-state index in [9.17, 15) is 4.79 Å². The molecule has 0 aliphatic carbocycles. The lowest BCUT2D eigenvalue weighted by Gasteiger charge is -2.11. The van der Waals surface area contributed by atoms with E-state index in [0.717, 1.165) is 6.26 Å². The number of carbonyl (C=O) groups is 1. The van der Waals surface area contributed by atoms with Crippen LogP contribution in [0, 0.1) is 11.5 Å². The Balaban J connectivity index is 0. The molecule has 0 bridgehead atoms. The summed E-state index contributed by atoms with van der Waals surface area (Å²) in [5.74, 6) is 0.189. The summed E-state index contributed by atoms with van der Waals surface area (Å²) in [5.41, 5.74) is 0. The molecule has 0 aromatic heterocycles. The summed E-state index contributed by atoms with van der Waals surface area (Å²) in [5, 5.41) is 13.8. The van der Waals surface area contributed by atoms with Crippen molar-refractivity contribution in [1.82, 2.24) is 0 Å². The first-order valence-corrected chi connectivity index (χ1v) is 3.75. The van der Waals surface area contributed by atoms with E-state index in [1.165, 1.54) is 0 Å². The SMILES string of the molecule is CCC(Cl)(C=O)CCl.N#CO. The van der Waals surface area contributed by atoms with E-state index >= 15 is 0 Å². The van der Waals surface area contributed by atoms with Crippen molar-refractivity contribution in [2.75, 3.05) is 5.88 Å². The van der Waals surface area contributed by atoms with Gasteiger partial charge in [0.05, 0.1) is 0 Å². The predicted molar refractivity (Wildman–Crippen MR) is 43.2 cm³/mol. The molecule has 3 nitrogen and oxygen atoms in total. The van der Waals surface area contributed by atoms with Crippen molar-refractivity contribution in [3.63, 3.8) is 0 Å². The smallest absolute Gasteiger partial charge is 0.283 e. The van der Waals surface area contributed by atoms with Crippen LogP contribution in [0.1, 0.15) is 13.3 Å². The Bertz CT molecular complexity index is 140. The molecule has 5 heteroatoms. The van der Waals surface area contributed by atoms with E-state index in [4.69, 9.17) is 33.6 Å². The van der Waals surface area contributed by atoms with Gasteiger partial charge in [-0.3, -0.25) is 0 Å². The molecular weight excluding hydrogens is 189 g/mol. The molecule has 0 fully saturated rings. The second-order valence-electron chi connectivity index (χ2n) is 1.74. The highest BCUT2D eigenvalue weighted by molar-refractivity contribution is 6.37. The van der Waals surface area contributed by atoms with Gasteiger partial charge in [-0.1, -0.05) is 6.92 Å². The lowest BCUT2D eigenvalue weighted by Crippen LogP contribution is -2.23. The molecule has 0 saturated carbocycles. The Morgan fingerprint density at radius 3 is 2.18 bits per heavy atom. The van der Waals surface area contributed by atoms with Gasteiger partial charge >= 0.3 is 0 Å². The quantitative estimate of drug-likeness (QED) is 0.426. The highest BCUT2D eigenvalue weighted by Gasteiger charge is 2.21. The summed E-state index contributed by atoms with van der Waals surface area (Å²) in [6.45, 7) is 1.82. The number of aldehydes is 1. The molecule has 0 aliphatic heterocycles. The predicted octanol–water partition coefficient (Wildman–Crippen LogP) is 1.65. The molecule has 0 saturated heterocycles. The Hall–Kier alpha value is -0.460. The molecule has 0 aliphatic rings. The van der Waals surface area contributed by atoms with Crippen molar-refractivity contribution in [2.45, 2.75) is 18.2 Å². The minimum absolute atomic E-state index is 0.189. The molecule has 0 spiro atoms. The van der Waals surface area contributed by atoms with E-state index in [1.807, 2.05) is 6.92 Å². The van der Waals surface area contributed by atoms with Crippen LogP contribution in [0.4, 0.5) is 0 Å². The van der Waals surface area contributed by atoms with Gasteiger partial charge in [-0.2, -0.15) is 5.26 Å². The number of halogens is 2. The largest absolute Gasteiger partial charge is 0.443 e. The van der Waals surface area contributed by atoms with E-state index in [2.05, 4.69) is 0 Å². The fourth-order valence-electron chi connectivity index (χ4n) is 0.209. The first-order valence-electron chi connectivity index (χ1n) is 2.84. The number of aliphatic hydroxyl groups is 1. The lowest BCUT2D eigenvalue weighted by molar-refractivity contribution is -0.109. The van der Waals surface area contributed by atoms with Crippen molar-refractivity contribution < 1.29 is 9.90 Å². The number of hydrogen-bond acceptors (Lipinski definition) is 3. The summed E-state index contributed by atoms with van der Waals surface area (Å²) < 4.78 is 0. The fraction of sp³-hybridized carbons (Fsp3) is 0.667. The third kappa shape index (κ3) is 7.44. The van der Waals surface area contributed by atoms with Crippen molar-refractivity contribution in [3.05, 3.63) is 0 Å². The van der Waals surface area contributed by atoms with Gasteiger partial charge in [0, 0.05) is 5.88 Å². The number of nitrogens with zero attached hydrogens (tertiary/aromatic N) is 1. The molecule has 11 heavy (non-hydrogen) atoms. The number of aliphatic hydroxyl groups excluding tert-OH is 1. The van der Waals surface area contributed by atoms with Crippen LogP contribution in [0.15, 0.2) is 0 Å². The molecule has 0 rings (SSSR count). The molecule has 1 atom stereocenters. The third-order valence-electron chi connectivity index (χ3n) is 1.02. The monoisotopic (exact) mass is 197 g/mol. The van der Waals surface area contributed by atoms with Gasteiger partial charge < -0.3 is 9.90 Å². The molecule has 1 N–H and O–H groups in total. The maximum absolute atomic E-state index is 10.1. The number of nitriles is 1. The molecule has 0 aromatic rings. The van der Waals surface area contributed by atoms with Crippen LogP contribution < -0.4 is 0 Å². The van der Waals surface area contributed by atoms with Crippen molar-refractivity contribution in [3.8, 4) is 6.26 Å². The normalized spacial score (nSPS) is 13.3. The average Bonchev–Trinajstić information content (AvgIpc) is 2.05. The van der Waals surface area contributed by atoms with E-state index in [0.29, 0.717) is 12.7 Å². The highest BCUT2D eigenvalue weighted by atomic mass is 35.5. The average molecular weight is 198 g/mol. The van der Waals surface area contributed by atoms with Crippen molar-refractivity contribution in [2.24, 2.45) is 0 Å². The Morgan fingerprint density at radius 1 is 1.82 bits per heavy atom. The van der Waals surface area contributed by atoms with E-state index < -0.39 is 4.87 Å². The maximum atomic E-state index is 10.1. The minimum Gasteiger partial charge on any atom is -0.443 e. The lowest BCUT2D eigenvalue weighted by atomic mass is 10.1. The maximum Gasteiger partial charge on any atom is 0.283 e. The first kappa shape index (κ1) is 13.2. The van der Waals surface area contributed by atoms with Gasteiger partial charge in [0.25, 0.3) is 6.26 Å². The first-order chi connectivity index (χ1) is 5.10. The molecule has 0 heterocycles. The van der Waals surface area contributed by atoms with Gasteiger partial charge in [0.15, 0.2) is 0 Å². The van der Waals surface area contributed by atoms with Gasteiger partial charge in [-0.15, -0.1) is 23.2 Å². The zero-order valence-electron chi connectivity index (χ0n) is 6.05. The van der Waals surface area contributed by atoms with E-state index in [-0.39, 0.29) is 5.88 Å². The van der Waals surface area contributed by atoms with Crippen molar-refractivity contribution >= 4 is 29.5 Å². The summed E-state index contributed by atoms with van der Waals surface area (Å²) in [4.78, 5) is 9.25. The Kier molecular flexibility index (Phi) is 9.14. The number of hydrogen-bond donors (Lipinski definition) is 1. The van der Waals surface area contributed by atoms with Crippen LogP contribution in [0.25, 0.3) is 0 Å². The van der Waals surface area contributed by atoms with Crippen LogP contribution >= 0.6 is 23.2 Å². The minimum atomic E-state index is -0.818. The van der Waals surface area contributed by atoms with Crippen LogP contribution in [-0.4, -0.2) is 22.1 Å². The number of alkyl halides is 2. The van der Waals surface area contributed by atoms with E-state index in [1.54, 1.807) is 0 Å². The van der Waals surface area contributed by atoms with Gasteiger partial charge in [-0.25, -0.2) is 0 Å². The fourth-order valence-corrected chi connectivity index (χ4v) is 0.461. The number of carbonyl (C=O) groups excluding carboxylic acids is 1. The summed E-state index contributed by atoms with van der Waals surface area (Å²) in [6, 6.07) is 0. The van der Waals surface area contributed by atoms with Gasteiger partial charge in [0.1, 0.15) is 11.2 Å². The van der Waals surface area contributed by atoms with Crippen LogP contribution in [0.5, 0.6) is 0 Å². The molecular formula is C6H9Cl2NO2. The standard InChI is InChI=1S/C5H8Cl2O.CHNO/c1-2-5(7,3-6)4-8;2-1-3/h4H,2-3H2,1H3;3H. The number of rotatable bonds is 3. The van der Waals surface area contributed by atoms with Gasteiger partial charge in [-0.05, 0) is 6.42 Å². The molecule has 0 aromatic carbocycles. The second-order valence-corrected chi connectivity index (χ2v) is 2.76. The molecule has 1 unspecified atom stereocenters. The molecule has 0 amide bonds. The topological polar surface area (TPSA) is 61.1 Å². The van der Waals surface area contributed by atoms with Crippen LogP contribution in [0.2, 0.25) is 0 Å². The molecule has 64 valence electrons. The van der Waals surface area contributed by atoms with Crippen molar-refractivity contribution in [1.29, 1.82) is 5.26 Å². The van der Waals surface area contributed by atoms with Gasteiger partial charge in [0.2, 0.25) is 0 Å². The molecule has 0 radical (unpaired) electrons. The van der Waals surface area contributed by atoms with Crippen LogP contribution in [0.3, 0.4) is 0 Å². The van der Waals surface area contributed by atoms with Crippen LogP contribution in [-0.2, 0) is 4.79 Å².